The highest BCUT2D eigenvalue weighted by atomic mass is 32.1. The summed E-state index contributed by atoms with van der Waals surface area (Å²) < 4.78 is 10.9. The molecule has 0 unspecified atom stereocenters. The second kappa shape index (κ2) is 7.85. The molecule has 5 heteroatoms. The molecule has 0 fully saturated rings. The molecule has 0 saturated heterocycles. The number of para-hydroxylation sites is 1. The van der Waals surface area contributed by atoms with Gasteiger partial charge in [-0.25, -0.2) is 0 Å². The predicted octanol–water partition coefficient (Wildman–Crippen LogP) is 4.90. The van der Waals surface area contributed by atoms with Crippen molar-refractivity contribution in [2.75, 3.05) is 12.4 Å². The van der Waals surface area contributed by atoms with E-state index in [2.05, 4.69) is 5.32 Å². The van der Waals surface area contributed by atoms with E-state index < -0.39 is 0 Å². The fourth-order valence-electron chi connectivity index (χ4n) is 2.32. The van der Waals surface area contributed by atoms with E-state index in [1.807, 2.05) is 66.9 Å². The molecule has 0 aliphatic carbocycles. The molecular weight excluding hydrogens is 334 g/mol. The van der Waals surface area contributed by atoms with Crippen LogP contribution in [-0.4, -0.2) is 13.0 Å². The SMILES string of the molecule is COc1ccc(NC(=O)c2cc(COc3ccccc3C)cs2)cc1. The molecule has 1 aromatic heterocycles. The maximum Gasteiger partial charge on any atom is 0.265 e. The zero-order valence-corrected chi connectivity index (χ0v) is 14.9. The topological polar surface area (TPSA) is 47.6 Å². The molecule has 25 heavy (non-hydrogen) atoms. The van der Waals surface area contributed by atoms with Crippen LogP contribution in [0.4, 0.5) is 5.69 Å². The van der Waals surface area contributed by atoms with Crippen LogP contribution >= 0.6 is 11.3 Å². The van der Waals surface area contributed by atoms with Gasteiger partial charge in [0.1, 0.15) is 18.1 Å². The first-order valence-electron chi connectivity index (χ1n) is 7.87. The van der Waals surface area contributed by atoms with Crippen LogP contribution in [0.25, 0.3) is 0 Å². The molecule has 128 valence electrons. The molecule has 3 aromatic rings. The van der Waals surface area contributed by atoms with Gasteiger partial charge >= 0.3 is 0 Å². The van der Waals surface area contributed by atoms with E-state index in [0.717, 1.165) is 28.3 Å². The largest absolute Gasteiger partial charge is 0.497 e. The molecular formula is C20H19NO3S. The Morgan fingerprint density at radius 1 is 1.12 bits per heavy atom. The van der Waals surface area contributed by atoms with Gasteiger partial charge < -0.3 is 14.8 Å². The van der Waals surface area contributed by atoms with Crippen LogP contribution in [0.3, 0.4) is 0 Å². The normalized spacial score (nSPS) is 10.3. The summed E-state index contributed by atoms with van der Waals surface area (Å²) in [5.74, 6) is 1.49. The Labute approximate surface area is 151 Å². The fourth-order valence-corrected chi connectivity index (χ4v) is 3.11. The van der Waals surface area contributed by atoms with Gasteiger partial charge in [-0.15, -0.1) is 11.3 Å². The zero-order valence-electron chi connectivity index (χ0n) is 14.1. The summed E-state index contributed by atoms with van der Waals surface area (Å²) >= 11 is 1.41. The van der Waals surface area contributed by atoms with Gasteiger partial charge in [0.05, 0.1) is 12.0 Å². The minimum Gasteiger partial charge on any atom is -0.497 e. The lowest BCUT2D eigenvalue weighted by Gasteiger charge is -2.07. The Morgan fingerprint density at radius 2 is 1.88 bits per heavy atom. The van der Waals surface area contributed by atoms with Crippen molar-refractivity contribution in [3.63, 3.8) is 0 Å². The Morgan fingerprint density at radius 3 is 2.60 bits per heavy atom. The average Bonchev–Trinajstić information content (AvgIpc) is 3.11. The maximum atomic E-state index is 12.3. The average molecular weight is 353 g/mol. The smallest absolute Gasteiger partial charge is 0.265 e. The van der Waals surface area contributed by atoms with Crippen molar-refractivity contribution in [3.8, 4) is 11.5 Å². The quantitative estimate of drug-likeness (QED) is 0.686. The highest BCUT2D eigenvalue weighted by Gasteiger charge is 2.10. The molecule has 0 saturated carbocycles. The summed E-state index contributed by atoms with van der Waals surface area (Å²) in [4.78, 5) is 13.0. The molecule has 1 heterocycles. The monoisotopic (exact) mass is 353 g/mol. The second-order valence-electron chi connectivity index (χ2n) is 5.56. The predicted molar refractivity (Wildman–Crippen MR) is 101 cm³/mol. The molecule has 3 rings (SSSR count). The Hall–Kier alpha value is -2.79. The first-order valence-corrected chi connectivity index (χ1v) is 8.75. The molecule has 0 atom stereocenters. The van der Waals surface area contributed by atoms with Gasteiger partial charge in [-0.05, 0) is 54.3 Å². The van der Waals surface area contributed by atoms with Gasteiger partial charge in [0.2, 0.25) is 0 Å². The number of methoxy groups -OCH3 is 1. The van der Waals surface area contributed by atoms with Crippen LogP contribution in [0.2, 0.25) is 0 Å². The molecule has 4 nitrogen and oxygen atoms in total. The van der Waals surface area contributed by atoms with Gasteiger partial charge in [0, 0.05) is 11.3 Å². The standard InChI is InChI=1S/C20H19NO3S/c1-14-5-3-4-6-18(14)24-12-15-11-19(25-13-15)20(22)21-16-7-9-17(23-2)10-8-16/h3-11,13H,12H2,1-2H3,(H,21,22). The van der Waals surface area contributed by atoms with E-state index in [1.165, 1.54) is 11.3 Å². The fraction of sp³-hybridized carbons (Fsp3) is 0.150. The highest BCUT2D eigenvalue weighted by Crippen LogP contribution is 2.22. The lowest BCUT2D eigenvalue weighted by Crippen LogP contribution is -2.10. The maximum absolute atomic E-state index is 12.3. The van der Waals surface area contributed by atoms with Crippen LogP contribution in [0, 0.1) is 6.92 Å². The molecule has 0 aliphatic rings. The number of hydrogen-bond donors (Lipinski definition) is 1. The van der Waals surface area contributed by atoms with Crippen molar-refractivity contribution in [1.29, 1.82) is 0 Å². The van der Waals surface area contributed by atoms with E-state index in [-0.39, 0.29) is 5.91 Å². The third-order valence-electron chi connectivity index (χ3n) is 3.71. The van der Waals surface area contributed by atoms with Crippen LogP contribution in [0.5, 0.6) is 11.5 Å². The number of rotatable bonds is 6. The third kappa shape index (κ3) is 4.39. The van der Waals surface area contributed by atoms with Gasteiger partial charge in [-0.2, -0.15) is 0 Å². The third-order valence-corrected chi connectivity index (χ3v) is 4.69. The van der Waals surface area contributed by atoms with E-state index in [1.54, 1.807) is 7.11 Å². The molecule has 0 spiro atoms. The number of carbonyl (C=O) groups excluding carboxylic acids is 1. The first kappa shape index (κ1) is 17.0. The van der Waals surface area contributed by atoms with Crippen LogP contribution in [0.1, 0.15) is 20.8 Å². The minimum atomic E-state index is -0.127. The molecule has 0 radical (unpaired) electrons. The number of thiophene rings is 1. The number of aryl methyl sites for hydroxylation is 1. The molecule has 1 amide bonds. The lowest BCUT2D eigenvalue weighted by molar-refractivity contribution is 0.103. The van der Waals surface area contributed by atoms with E-state index in [0.29, 0.717) is 11.5 Å². The summed E-state index contributed by atoms with van der Waals surface area (Å²) in [6.07, 6.45) is 0. The van der Waals surface area contributed by atoms with E-state index in [9.17, 15) is 4.79 Å². The van der Waals surface area contributed by atoms with Crippen LogP contribution in [-0.2, 0) is 6.61 Å². The van der Waals surface area contributed by atoms with Crippen molar-refractivity contribution in [1.82, 2.24) is 0 Å². The Balaban J connectivity index is 1.60. The zero-order chi connectivity index (χ0) is 17.6. The number of carbonyl (C=O) groups is 1. The van der Waals surface area contributed by atoms with Gasteiger partial charge in [0.25, 0.3) is 5.91 Å². The lowest BCUT2D eigenvalue weighted by atomic mass is 10.2. The summed E-state index contributed by atoms with van der Waals surface area (Å²) in [7, 11) is 1.61. The Kier molecular flexibility index (Phi) is 5.36. The van der Waals surface area contributed by atoms with Crippen molar-refractivity contribution in [2.24, 2.45) is 0 Å². The molecule has 0 aliphatic heterocycles. The van der Waals surface area contributed by atoms with Gasteiger partial charge in [-0.1, -0.05) is 18.2 Å². The van der Waals surface area contributed by atoms with Crippen LogP contribution in [0.15, 0.2) is 60.0 Å². The number of ether oxygens (including phenoxy) is 2. The summed E-state index contributed by atoms with van der Waals surface area (Å²) in [6, 6.07) is 17.0. The summed E-state index contributed by atoms with van der Waals surface area (Å²) in [6.45, 7) is 2.45. The van der Waals surface area contributed by atoms with Gasteiger partial charge in [0.15, 0.2) is 0 Å². The van der Waals surface area contributed by atoms with Crippen molar-refractivity contribution in [3.05, 3.63) is 76.0 Å². The number of amides is 1. The second-order valence-corrected chi connectivity index (χ2v) is 6.47. The van der Waals surface area contributed by atoms with Crippen molar-refractivity contribution < 1.29 is 14.3 Å². The number of hydrogen-bond acceptors (Lipinski definition) is 4. The first-order chi connectivity index (χ1) is 12.2. The van der Waals surface area contributed by atoms with Crippen molar-refractivity contribution >= 4 is 22.9 Å². The summed E-state index contributed by atoms with van der Waals surface area (Å²) in [5, 5.41) is 4.83. The Bertz CT molecular complexity index is 855. The summed E-state index contributed by atoms with van der Waals surface area (Å²) in [5.41, 5.74) is 2.81. The van der Waals surface area contributed by atoms with Crippen LogP contribution < -0.4 is 14.8 Å². The molecule has 0 bridgehead atoms. The highest BCUT2D eigenvalue weighted by molar-refractivity contribution is 7.12. The number of benzene rings is 2. The van der Waals surface area contributed by atoms with E-state index in [4.69, 9.17) is 9.47 Å². The number of anilines is 1. The van der Waals surface area contributed by atoms with Gasteiger partial charge in [-0.3, -0.25) is 4.79 Å². The minimum absolute atomic E-state index is 0.127. The number of nitrogens with one attached hydrogen (secondary N) is 1. The van der Waals surface area contributed by atoms with E-state index >= 15 is 0 Å². The molecule has 1 N–H and O–H groups in total. The molecule has 2 aromatic carbocycles. The van der Waals surface area contributed by atoms with Crippen molar-refractivity contribution in [2.45, 2.75) is 13.5 Å².